The molecule has 0 spiro atoms. The minimum atomic E-state index is -0.302. The molecule has 0 radical (unpaired) electrons. The van der Waals surface area contributed by atoms with Gasteiger partial charge in [0.1, 0.15) is 17.2 Å². The van der Waals surface area contributed by atoms with Gasteiger partial charge in [0.05, 0.1) is 29.8 Å². The number of aryl methyl sites for hydroxylation is 2. The predicted molar refractivity (Wildman–Crippen MR) is 114 cm³/mol. The van der Waals surface area contributed by atoms with Crippen LogP contribution in [-0.2, 0) is 13.1 Å². The number of hydrogen-bond donors (Lipinski definition) is 0. The van der Waals surface area contributed by atoms with Gasteiger partial charge in [-0.2, -0.15) is 0 Å². The van der Waals surface area contributed by atoms with Gasteiger partial charge in [-0.05, 0) is 43.7 Å². The normalized spacial score (nSPS) is 13.6. The van der Waals surface area contributed by atoms with Gasteiger partial charge in [0, 0.05) is 30.7 Å². The summed E-state index contributed by atoms with van der Waals surface area (Å²) in [5.74, 6) is -0.530. The molecule has 156 valence electrons. The highest BCUT2D eigenvalue weighted by Gasteiger charge is 2.26. The highest BCUT2D eigenvalue weighted by atomic mass is 19.1. The van der Waals surface area contributed by atoms with Crippen molar-refractivity contribution >= 4 is 16.8 Å². The molecule has 0 N–H and O–H groups in total. The van der Waals surface area contributed by atoms with Crippen molar-refractivity contribution in [1.82, 2.24) is 24.0 Å². The topological polar surface area (TPSA) is 73.0 Å². The lowest BCUT2D eigenvalue weighted by atomic mass is 10.1. The fourth-order valence-corrected chi connectivity index (χ4v) is 3.95. The van der Waals surface area contributed by atoms with Crippen LogP contribution >= 0.6 is 0 Å². The molecule has 0 atom stereocenters. The molecule has 1 aliphatic heterocycles. The van der Waals surface area contributed by atoms with Gasteiger partial charge in [0.25, 0.3) is 11.5 Å². The van der Waals surface area contributed by atoms with Crippen LogP contribution in [0, 0.1) is 19.7 Å². The molecule has 8 heteroatoms. The van der Waals surface area contributed by atoms with Crippen LogP contribution in [0.25, 0.3) is 16.6 Å². The second-order valence-corrected chi connectivity index (χ2v) is 7.81. The molecular formula is C23H20FN5O2. The summed E-state index contributed by atoms with van der Waals surface area (Å²) in [4.78, 5) is 36.3. The number of halogens is 1. The molecule has 0 fully saturated rings. The number of hydrogen-bond acceptors (Lipinski definition) is 4. The van der Waals surface area contributed by atoms with Gasteiger partial charge in [-0.1, -0.05) is 6.07 Å². The van der Waals surface area contributed by atoms with Gasteiger partial charge in [-0.3, -0.25) is 14.6 Å². The van der Waals surface area contributed by atoms with E-state index in [1.165, 1.54) is 10.6 Å². The molecule has 1 aromatic carbocycles. The molecule has 0 saturated carbocycles. The molecule has 4 aromatic rings. The van der Waals surface area contributed by atoms with E-state index in [0.29, 0.717) is 47.8 Å². The summed E-state index contributed by atoms with van der Waals surface area (Å²) in [6.07, 6.45) is 3.36. The van der Waals surface area contributed by atoms with Crippen LogP contribution < -0.4 is 5.56 Å². The Morgan fingerprint density at radius 1 is 1.06 bits per heavy atom. The van der Waals surface area contributed by atoms with E-state index in [0.717, 1.165) is 11.1 Å². The third kappa shape index (κ3) is 3.30. The monoisotopic (exact) mass is 417 g/mol. The van der Waals surface area contributed by atoms with Crippen molar-refractivity contribution in [1.29, 1.82) is 0 Å². The Bertz CT molecular complexity index is 1410. The van der Waals surface area contributed by atoms with Gasteiger partial charge >= 0.3 is 0 Å². The number of rotatable bonds is 3. The summed E-state index contributed by atoms with van der Waals surface area (Å²) in [7, 11) is 0. The first-order valence-corrected chi connectivity index (χ1v) is 10.0. The minimum Gasteiger partial charge on any atom is -0.330 e. The minimum absolute atomic E-state index is 0.224. The zero-order valence-corrected chi connectivity index (χ0v) is 17.2. The summed E-state index contributed by atoms with van der Waals surface area (Å²) in [5, 5.41) is 0.854. The highest BCUT2D eigenvalue weighted by Crippen LogP contribution is 2.20. The van der Waals surface area contributed by atoms with Crippen molar-refractivity contribution in [2.75, 3.05) is 6.54 Å². The van der Waals surface area contributed by atoms with Crippen LogP contribution in [-0.4, -0.2) is 36.5 Å². The summed E-state index contributed by atoms with van der Waals surface area (Å²) >= 11 is 0. The molecule has 4 heterocycles. The van der Waals surface area contributed by atoms with Crippen LogP contribution in [0.2, 0.25) is 0 Å². The maximum absolute atomic E-state index is 13.9. The molecule has 1 amide bonds. The number of imidazole rings is 1. The van der Waals surface area contributed by atoms with Crippen LogP contribution in [0.15, 0.2) is 53.7 Å². The van der Waals surface area contributed by atoms with Crippen LogP contribution in [0.1, 0.15) is 27.4 Å². The Hall–Kier alpha value is -3.81. The average molecular weight is 417 g/mol. The Morgan fingerprint density at radius 2 is 1.90 bits per heavy atom. The van der Waals surface area contributed by atoms with E-state index in [4.69, 9.17) is 0 Å². The highest BCUT2D eigenvalue weighted by molar-refractivity contribution is 5.93. The maximum atomic E-state index is 13.9. The molecule has 7 nitrogen and oxygen atoms in total. The fraction of sp³-hybridized carbons (Fsp3) is 0.217. The van der Waals surface area contributed by atoms with E-state index >= 15 is 0 Å². The molecule has 0 aliphatic carbocycles. The Labute approximate surface area is 177 Å². The van der Waals surface area contributed by atoms with Gasteiger partial charge < -0.3 is 14.0 Å². The number of carbonyl (C=O) groups is 1. The van der Waals surface area contributed by atoms with E-state index in [1.54, 1.807) is 47.1 Å². The second-order valence-electron chi connectivity index (χ2n) is 7.81. The quantitative estimate of drug-likeness (QED) is 0.514. The molecule has 3 aromatic heterocycles. The molecule has 31 heavy (non-hydrogen) atoms. The zero-order chi connectivity index (χ0) is 21.7. The summed E-state index contributed by atoms with van der Waals surface area (Å²) in [6.45, 7) is 4.64. The van der Waals surface area contributed by atoms with E-state index < -0.39 is 0 Å². The number of amides is 1. The lowest BCUT2D eigenvalue weighted by molar-refractivity contribution is 0.0684. The van der Waals surface area contributed by atoms with Gasteiger partial charge in [0.2, 0.25) is 0 Å². The smallest absolute Gasteiger partial charge is 0.275 e. The Balaban J connectivity index is 1.44. The Kier molecular flexibility index (Phi) is 4.43. The molecular weight excluding hydrogens is 397 g/mol. The molecule has 0 saturated heterocycles. The first-order chi connectivity index (χ1) is 14.9. The summed E-state index contributed by atoms with van der Waals surface area (Å²) in [5.41, 5.74) is 3.19. The largest absolute Gasteiger partial charge is 0.330 e. The fourth-order valence-electron chi connectivity index (χ4n) is 3.95. The van der Waals surface area contributed by atoms with Gasteiger partial charge in [-0.25, -0.2) is 9.37 Å². The maximum Gasteiger partial charge on any atom is 0.275 e. The first kappa shape index (κ1) is 19.2. The van der Waals surface area contributed by atoms with Crippen molar-refractivity contribution in [2.24, 2.45) is 0 Å². The van der Waals surface area contributed by atoms with E-state index in [1.807, 2.05) is 19.1 Å². The standard InChI is InChI=1S/C23H20FN5O2/c1-14-9-16-3-4-17(26-19(16)10-18(14)24)12-27-7-8-29-21(22(27)30)6-5-20(23(29)31)28-11-15(2)25-13-28/h3-6,9-11,13H,7-8,12H2,1-2H3. The van der Waals surface area contributed by atoms with Crippen LogP contribution in [0.4, 0.5) is 4.39 Å². The number of aromatic nitrogens is 4. The summed E-state index contributed by atoms with van der Waals surface area (Å²) in [6, 6.07) is 10.2. The predicted octanol–water partition coefficient (Wildman–Crippen LogP) is 2.99. The van der Waals surface area contributed by atoms with Gasteiger partial charge in [0.15, 0.2) is 0 Å². The van der Waals surface area contributed by atoms with Crippen LogP contribution in [0.5, 0.6) is 0 Å². The van der Waals surface area contributed by atoms with E-state index in [9.17, 15) is 14.0 Å². The number of fused-ring (bicyclic) bond motifs is 2. The lowest BCUT2D eigenvalue weighted by Gasteiger charge is -2.29. The van der Waals surface area contributed by atoms with Crippen molar-refractivity contribution < 1.29 is 9.18 Å². The third-order valence-corrected chi connectivity index (χ3v) is 5.62. The SMILES string of the molecule is Cc1cn(-c2ccc3n(c2=O)CCN(Cc2ccc4cc(C)c(F)cc4n2)C3=O)cn1. The number of nitrogens with zero attached hydrogens (tertiary/aromatic N) is 5. The van der Waals surface area contributed by atoms with Crippen molar-refractivity contribution in [3.63, 3.8) is 0 Å². The van der Waals surface area contributed by atoms with Crippen molar-refractivity contribution in [3.05, 3.63) is 87.7 Å². The molecule has 5 rings (SSSR count). The van der Waals surface area contributed by atoms with Crippen molar-refractivity contribution in [3.8, 4) is 5.69 Å². The number of carbonyl (C=O) groups excluding carboxylic acids is 1. The third-order valence-electron chi connectivity index (χ3n) is 5.62. The van der Waals surface area contributed by atoms with Gasteiger partial charge in [-0.15, -0.1) is 0 Å². The first-order valence-electron chi connectivity index (χ1n) is 10.0. The Morgan fingerprint density at radius 3 is 2.68 bits per heavy atom. The summed E-state index contributed by atoms with van der Waals surface area (Å²) < 4.78 is 17.1. The number of pyridine rings is 2. The van der Waals surface area contributed by atoms with E-state index in [2.05, 4.69) is 9.97 Å². The average Bonchev–Trinajstić information content (AvgIpc) is 3.17. The molecule has 0 unspecified atom stereocenters. The second kappa shape index (κ2) is 7.16. The van der Waals surface area contributed by atoms with Crippen molar-refractivity contribution in [2.45, 2.75) is 26.9 Å². The zero-order valence-electron chi connectivity index (χ0n) is 17.2. The lowest BCUT2D eigenvalue weighted by Crippen LogP contribution is -2.44. The molecule has 1 aliphatic rings. The molecule has 0 bridgehead atoms. The van der Waals surface area contributed by atoms with E-state index in [-0.39, 0.29) is 17.3 Å². The van der Waals surface area contributed by atoms with Crippen LogP contribution in [0.3, 0.4) is 0 Å². The number of benzene rings is 1.